The maximum atomic E-state index is 13.3. The number of nitro groups is 1. The van der Waals surface area contributed by atoms with E-state index in [1.807, 2.05) is 0 Å². The van der Waals surface area contributed by atoms with Gasteiger partial charge in [0.2, 0.25) is 0 Å². The fraction of sp³-hybridized carbons (Fsp3) is 0.250. The molecule has 6 heteroatoms. The third-order valence-corrected chi connectivity index (χ3v) is 2.02. The fourth-order valence-corrected chi connectivity index (χ4v) is 1.28. The van der Waals surface area contributed by atoms with Crippen molar-refractivity contribution in [2.45, 2.75) is 6.42 Å². The number of nitro benzene ring substituents is 1. The first-order chi connectivity index (χ1) is 6.57. The van der Waals surface area contributed by atoms with Gasteiger partial charge in [0.1, 0.15) is 0 Å². The van der Waals surface area contributed by atoms with E-state index in [9.17, 15) is 14.5 Å². The van der Waals surface area contributed by atoms with E-state index in [0.29, 0.717) is 0 Å². The molecule has 0 saturated carbocycles. The van der Waals surface area contributed by atoms with Crippen molar-refractivity contribution in [3.8, 4) is 0 Å². The minimum Gasteiger partial charge on any atom is -0.396 e. The number of hydrogen-bond acceptors (Lipinski definition) is 3. The van der Waals surface area contributed by atoms with E-state index in [2.05, 4.69) is 0 Å². The summed E-state index contributed by atoms with van der Waals surface area (Å²) in [6.07, 6.45) is -0.122. The Hall–Kier alpha value is -1.20. The predicted octanol–water partition coefficient (Wildman–Crippen LogP) is 1.92. The molecule has 1 N–H and O–H groups in total. The second-order valence-corrected chi connectivity index (χ2v) is 3.00. The van der Waals surface area contributed by atoms with Crippen molar-refractivity contribution < 1.29 is 14.4 Å². The number of aliphatic hydroxyl groups is 1. The van der Waals surface area contributed by atoms with Crippen LogP contribution in [0.3, 0.4) is 0 Å². The summed E-state index contributed by atoms with van der Waals surface area (Å²) in [7, 11) is 0. The molecule has 14 heavy (non-hydrogen) atoms. The standard InChI is InChI=1S/C8H7ClFNO3/c9-6-1-2-7(11(13)14)5(3-4-12)8(6)10/h1-2,12H,3-4H2. The van der Waals surface area contributed by atoms with Crippen molar-refractivity contribution in [1.29, 1.82) is 0 Å². The van der Waals surface area contributed by atoms with E-state index >= 15 is 0 Å². The number of aliphatic hydroxyl groups excluding tert-OH is 1. The van der Waals surface area contributed by atoms with E-state index in [1.54, 1.807) is 0 Å². The van der Waals surface area contributed by atoms with E-state index in [1.165, 1.54) is 0 Å². The third-order valence-electron chi connectivity index (χ3n) is 1.73. The van der Waals surface area contributed by atoms with Crippen LogP contribution in [-0.2, 0) is 6.42 Å². The van der Waals surface area contributed by atoms with Crippen LogP contribution in [0.15, 0.2) is 12.1 Å². The Balaban J connectivity index is 3.29. The summed E-state index contributed by atoms with van der Waals surface area (Å²) in [5.74, 6) is -0.838. The van der Waals surface area contributed by atoms with Gasteiger partial charge >= 0.3 is 0 Å². The van der Waals surface area contributed by atoms with Crippen LogP contribution in [-0.4, -0.2) is 16.6 Å². The quantitative estimate of drug-likeness (QED) is 0.624. The lowest BCUT2D eigenvalue weighted by Gasteiger charge is -2.03. The van der Waals surface area contributed by atoms with Crippen molar-refractivity contribution in [3.63, 3.8) is 0 Å². The van der Waals surface area contributed by atoms with Crippen molar-refractivity contribution in [3.05, 3.63) is 38.7 Å². The molecule has 1 rings (SSSR count). The number of hydrogen-bond donors (Lipinski definition) is 1. The van der Waals surface area contributed by atoms with Crippen molar-refractivity contribution in [1.82, 2.24) is 0 Å². The minimum atomic E-state index is -0.838. The van der Waals surface area contributed by atoms with Crippen LogP contribution in [0, 0.1) is 15.9 Å². The van der Waals surface area contributed by atoms with Gasteiger partial charge in [0.15, 0.2) is 5.82 Å². The van der Waals surface area contributed by atoms with Gasteiger partial charge in [-0.3, -0.25) is 10.1 Å². The molecule has 0 fully saturated rings. The molecule has 0 aliphatic heterocycles. The Morgan fingerprint density at radius 3 is 2.71 bits per heavy atom. The summed E-state index contributed by atoms with van der Waals surface area (Å²) >= 11 is 5.45. The van der Waals surface area contributed by atoms with E-state index in [0.717, 1.165) is 12.1 Å². The van der Waals surface area contributed by atoms with Crippen molar-refractivity contribution >= 4 is 17.3 Å². The normalized spacial score (nSPS) is 10.2. The van der Waals surface area contributed by atoms with Gasteiger partial charge in [0, 0.05) is 19.1 Å². The van der Waals surface area contributed by atoms with Gasteiger partial charge in [0.05, 0.1) is 15.5 Å². The highest BCUT2D eigenvalue weighted by Gasteiger charge is 2.19. The van der Waals surface area contributed by atoms with Gasteiger partial charge in [-0.2, -0.15) is 0 Å². The molecule has 0 unspecified atom stereocenters. The lowest BCUT2D eigenvalue weighted by molar-refractivity contribution is -0.385. The molecule has 1 aromatic carbocycles. The summed E-state index contributed by atoms with van der Waals surface area (Å²) in [4.78, 5) is 9.77. The molecular formula is C8H7ClFNO3. The summed E-state index contributed by atoms with van der Waals surface area (Å²) in [5, 5.41) is 18.9. The zero-order chi connectivity index (χ0) is 10.7. The molecule has 0 radical (unpaired) electrons. The molecule has 1 aromatic rings. The van der Waals surface area contributed by atoms with E-state index in [4.69, 9.17) is 16.7 Å². The summed E-state index contributed by atoms with van der Waals surface area (Å²) < 4.78 is 13.3. The van der Waals surface area contributed by atoms with Crippen LogP contribution in [0.2, 0.25) is 5.02 Å². The van der Waals surface area contributed by atoms with Gasteiger partial charge in [-0.15, -0.1) is 0 Å². The summed E-state index contributed by atoms with van der Waals surface area (Å²) in [6.45, 7) is -0.363. The lowest BCUT2D eigenvalue weighted by Crippen LogP contribution is -2.01. The van der Waals surface area contributed by atoms with Crippen LogP contribution in [0.25, 0.3) is 0 Å². The molecule has 0 saturated heterocycles. The fourth-order valence-electron chi connectivity index (χ4n) is 1.10. The highest BCUT2D eigenvalue weighted by atomic mass is 35.5. The predicted molar refractivity (Wildman–Crippen MR) is 48.9 cm³/mol. The smallest absolute Gasteiger partial charge is 0.275 e. The van der Waals surface area contributed by atoms with Crippen LogP contribution < -0.4 is 0 Å². The van der Waals surface area contributed by atoms with Gasteiger partial charge < -0.3 is 5.11 Å². The largest absolute Gasteiger partial charge is 0.396 e. The number of benzene rings is 1. The number of rotatable bonds is 3. The Morgan fingerprint density at radius 1 is 1.57 bits per heavy atom. The molecule has 0 aromatic heterocycles. The van der Waals surface area contributed by atoms with Crippen molar-refractivity contribution in [2.24, 2.45) is 0 Å². The first kappa shape index (κ1) is 10.9. The van der Waals surface area contributed by atoms with E-state index < -0.39 is 10.7 Å². The van der Waals surface area contributed by atoms with Crippen LogP contribution >= 0.6 is 11.6 Å². The Morgan fingerprint density at radius 2 is 2.21 bits per heavy atom. The first-order valence-electron chi connectivity index (χ1n) is 3.80. The molecule has 0 aliphatic rings. The molecule has 0 heterocycles. The third kappa shape index (κ3) is 2.00. The highest BCUT2D eigenvalue weighted by Crippen LogP contribution is 2.27. The number of halogens is 2. The SMILES string of the molecule is O=[N+]([O-])c1ccc(Cl)c(F)c1CCO. The molecular weight excluding hydrogens is 213 g/mol. The zero-order valence-electron chi connectivity index (χ0n) is 7.04. The summed E-state index contributed by atoms with van der Waals surface area (Å²) in [6, 6.07) is 2.24. The average molecular weight is 220 g/mol. The first-order valence-corrected chi connectivity index (χ1v) is 4.18. The van der Waals surface area contributed by atoms with Crippen LogP contribution in [0.5, 0.6) is 0 Å². The monoisotopic (exact) mass is 219 g/mol. The molecule has 0 atom stereocenters. The molecule has 0 bridgehead atoms. The Bertz CT molecular complexity index is 370. The molecule has 0 aliphatic carbocycles. The van der Waals surface area contributed by atoms with Gasteiger partial charge in [-0.1, -0.05) is 11.6 Å². The second-order valence-electron chi connectivity index (χ2n) is 2.59. The lowest BCUT2D eigenvalue weighted by atomic mass is 10.1. The minimum absolute atomic E-state index is 0.122. The molecule has 76 valence electrons. The molecule has 0 amide bonds. The maximum Gasteiger partial charge on any atom is 0.275 e. The maximum absolute atomic E-state index is 13.3. The second kappa shape index (κ2) is 4.34. The zero-order valence-corrected chi connectivity index (χ0v) is 7.79. The van der Waals surface area contributed by atoms with Gasteiger partial charge in [-0.25, -0.2) is 4.39 Å². The van der Waals surface area contributed by atoms with Crippen LogP contribution in [0.4, 0.5) is 10.1 Å². The van der Waals surface area contributed by atoms with Crippen LogP contribution in [0.1, 0.15) is 5.56 Å². The molecule has 0 spiro atoms. The van der Waals surface area contributed by atoms with E-state index in [-0.39, 0.29) is 29.3 Å². The average Bonchev–Trinajstić information content (AvgIpc) is 2.13. The Kier molecular flexibility index (Phi) is 3.38. The topological polar surface area (TPSA) is 63.4 Å². The Labute approximate surface area is 84.1 Å². The summed E-state index contributed by atoms with van der Waals surface area (Å²) in [5.41, 5.74) is -0.522. The highest BCUT2D eigenvalue weighted by molar-refractivity contribution is 6.30. The van der Waals surface area contributed by atoms with Crippen molar-refractivity contribution in [2.75, 3.05) is 6.61 Å². The van der Waals surface area contributed by atoms with Gasteiger partial charge in [-0.05, 0) is 6.07 Å². The molecule has 4 nitrogen and oxygen atoms in total. The number of nitrogens with zero attached hydrogens (tertiary/aromatic N) is 1. The van der Waals surface area contributed by atoms with Gasteiger partial charge in [0.25, 0.3) is 5.69 Å².